The summed E-state index contributed by atoms with van der Waals surface area (Å²) < 4.78 is 6.37. The first-order valence-corrected chi connectivity index (χ1v) is 8.62. The van der Waals surface area contributed by atoms with Crippen LogP contribution in [0.1, 0.15) is 39.4 Å². The summed E-state index contributed by atoms with van der Waals surface area (Å²) in [5.41, 5.74) is 2.97. The highest BCUT2D eigenvalue weighted by Gasteiger charge is 2.29. The Morgan fingerprint density at radius 1 is 1.38 bits per heavy atom. The average Bonchev–Trinajstić information content (AvgIpc) is 3.24. The lowest BCUT2D eigenvalue weighted by atomic mass is 10.0. The molecule has 1 N–H and O–H groups in total. The first kappa shape index (κ1) is 18.1. The van der Waals surface area contributed by atoms with Crippen LogP contribution in [0.2, 0.25) is 0 Å². The minimum absolute atomic E-state index is 0.0281. The molecular formula is C19H23N3O4. The van der Waals surface area contributed by atoms with Crippen LogP contribution in [0, 0.1) is 6.92 Å². The number of carbonyl (C=O) groups excluding carboxylic acids is 2. The topological polar surface area (TPSA) is 84.7 Å². The first-order chi connectivity index (χ1) is 12.5. The molecule has 138 valence electrons. The van der Waals surface area contributed by atoms with Crippen molar-refractivity contribution in [2.24, 2.45) is 7.05 Å². The molecule has 0 bridgehead atoms. The van der Waals surface area contributed by atoms with E-state index in [2.05, 4.69) is 5.10 Å². The predicted octanol–water partition coefficient (Wildman–Crippen LogP) is 1.78. The molecule has 1 amide bonds. The monoisotopic (exact) mass is 357 g/mol. The average molecular weight is 357 g/mol. The number of aromatic nitrogens is 2. The number of benzene rings is 1. The van der Waals surface area contributed by atoms with Crippen LogP contribution >= 0.6 is 0 Å². The number of aliphatic hydroxyl groups excluding tert-OH is 1. The minimum atomic E-state index is -0.472. The quantitative estimate of drug-likeness (QED) is 0.843. The van der Waals surface area contributed by atoms with Gasteiger partial charge < -0.3 is 14.7 Å². The molecule has 1 fully saturated rings. The summed E-state index contributed by atoms with van der Waals surface area (Å²) in [7, 11) is 3.02. The number of methoxy groups -OCH3 is 1. The van der Waals surface area contributed by atoms with Gasteiger partial charge in [-0.15, -0.1) is 0 Å². The minimum Gasteiger partial charge on any atom is -0.464 e. The zero-order valence-electron chi connectivity index (χ0n) is 15.2. The summed E-state index contributed by atoms with van der Waals surface area (Å²) in [5, 5.41) is 13.8. The Bertz CT molecular complexity index is 843. The molecule has 0 spiro atoms. The van der Waals surface area contributed by atoms with Gasteiger partial charge in [0.05, 0.1) is 25.5 Å². The van der Waals surface area contributed by atoms with Crippen LogP contribution in [-0.2, 0) is 11.8 Å². The van der Waals surface area contributed by atoms with Crippen molar-refractivity contribution in [1.82, 2.24) is 14.7 Å². The van der Waals surface area contributed by atoms with E-state index in [-0.39, 0.29) is 18.6 Å². The van der Waals surface area contributed by atoms with E-state index in [1.54, 1.807) is 30.1 Å². The fourth-order valence-corrected chi connectivity index (χ4v) is 3.60. The lowest BCUT2D eigenvalue weighted by molar-refractivity contribution is 0.0588. The van der Waals surface area contributed by atoms with Gasteiger partial charge in [0.25, 0.3) is 5.91 Å². The van der Waals surface area contributed by atoms with Crippen LogP contribution in [0.4, 0.5) is 0 Å². The molecule has 7 nitrogen and oxygen atoms in total. The number of aliphatic hydroxyl groups is 1. The third kappa shape index (κ3) is 3.10. The highest BCUT2D eigenvalue weighted by atomic mass is 16.5. The molecule has 26 heavy (non-hydrogen) atoms. The number of ether oxygens (including phenoxy) is 1. The van der Waals surface area contributed by atoms with Crippen LogP contribution in [0.3, 0.4) is 0 Å². The molecule has 0 unspecified atom stereocenters. The largest absolute Gasteiger partial charge is 0.464 e. The number of esters is 1. The second-order valence-corrected chi connectivity index (χ2v) is 6.48. The van der Waals surface area contributed by atoms with Gasteiger partial charge in [-0.1, -0.05) is 12.1 Å². The number of amides is 1. The lowest BCUT2D eigenvalue weighted by Crippen LogP contribution is -2.37. The third-order valence-electron chi connectivity index (χ3n) is 4.85. The molecule has 1 aromatic carbocycles. The van der Waals surface area contributed by atoms with Crippen molar-refractivity contribution < 1.29 is 19.4 Å². The summed E-state index contributed by atoms with van der Waals surface area (Å²) in [6, 6.07) is 7.03. The molecule has 0 radical (unpaired) electrons. The number of hydrogen-bond donors (Lipinski definition) is 1. The fraction of sp³-hybridized carbons (Fsp3) is 0.421. The van der Waals surface area contributed by atoms with Gasteiger partial charge in [0, 0.05) is 24.7 Å². The van der Waals surface area contributed by atoms with Crippen molar-refractivity contribution in [3.8, 4) is 11.1 Å². The summed E-state index contributed by atoms with van der Waals surface area (Å²) in [6.07, 6.45) is 1.71. The number of likely N-dealkylation sites (tertiary alicyclic amines) is 1. The number of hydrogen-bond acceptors (Lipinski definition) is 5. The van der Waals surface area contributed by atoms with E-state index in [0.717, 1.165) is 18.4 Å². The summed E-state index contributed by atoms with van der Waals surface area (Å²) >= 11 is 0. The Labute approximate surface area is 152 Å². The molecule has 0 aliphatic carbocycles. The Morgan fingerprint density at radius 2 is 2.15 bits per heavy atom. The Kier molecular flexibility index (Phi) is 5.08. The highest BCUT2D eigenvalue weighted by Crippen LogP contribution is 2.29. The molecule has 7 heteroatoms. The fourth-order valence-electron chi connectivity index (χ4n) is 3.60. The van der Waals surface area contributed by atoms with Gasteiger partial charge in [0.2, 0.25) is 0 Å². The van der Waals surface area contributed by atoms with Crippen molar-refractivity contribution in [2.45, 2.75) is 25.8 Å². The number of carbonyl (C=O) groups is 2. The van der Waals surface area contributed by atoms with E-state index in [1.807, 2.05) is 13.0 Å². The molecule has 1 aliphatic heterocycles. The molecule has 0 saturated carbocycles. The van der Waals surface area contributed by atoms with Gasteiger partial charge in [-0.25, -0.2) is 4.79 Å². The van der Waals surface area contributed by atoms with Crippen molar-refractivity contribution in [2.75, 3.05) is 20.3 Å². The maximum Gasteiger partial charge on any atom is 0.356 e. The van der Waals surface area contributed by atoms with Crippen LogP contribution in [-0.4, -0.2) is 58.0 Å². The molecule has 2 heterocycles. The van der Waals surface area contributed by atoms with Gasteiger partial charge in [0.1, 0.15) is 0 Å². The molecule has 1 aliphatic rings. The van der Waals surface area contributed by atoms with Gasteiger partial charge in [0.15, 0.2) is 5.69 Å². The SMILES string of the molecule is COC(=O)c1c(-c2cccc(C(=O)N3CCC[C@H]3CO)c2)c(C)nn1C. The van der Waals surface area contributed by atoms with E-state index in [9.17, 15) is 14.7 Å². The molecule has 1 aromatic heterocycles. The lowest BCUT2D eigenvalue weighted by Gasteiger charge is -2.23. The third-order valence-corrected chi connectivity index (χ3v) is 4.85. The number of nitrogens with zero attached hydrogens (tertiary/aromatic N) is 3. The van der Waals surface area contributed by atoms with Gasteiger partial charge >= 0.3 is 5.97 Å². The first-order valence-electron chi connectivity index (χ1n) is 8.62. The van der Waals surface area contributed by atoms with E-state index in [0.29, 0.717) is 29.1 Å². The zero-order chi connectivity index (χ0) is 18.8. The Morgan fingerprint density at radius 3 is 2.85 bits per heavy atom. The van der Waals surface area contributed by atoms with Crippen molar-refractivity contribution in [1.29, 1.82) is 0 Å². The van der Waals surface area contributed by atoms with E-state index < -0.39 is 5.97 Å². The summed E-state index contributed by atoms with van der Waals surface area (Å²) in [4.78, 5) is 26.8. The standard InChI is InChI=1S/C19H23N3O4/c1-12-16(17(19(25)26-3)21(2)20-12)13-6-4-7-14(10-13)18(24)22-9-5-8-15(22)11-23/h4,6-7,10,15,23H,5,8-9,11H2,1-3H3/t15-/m0/s1. The maximum atomic E-state index is 12.9. The Hall–Kier alpha value is -2.67. The molecule has 1 atom stereocenters. The molecule has 3 rings (SSSR count). The Balaban J connectivity index is 2.01. The van der Waals surface area contributed by atoms with Crippen molar-refractivity contribution >= 4 is 11.9 Å². The van der Waals surface area contributed by atoms with E-state index >= 15 is 0 Å². The van der Waals surface area contributed by atoms with Gasteiger partial charge in [-0.2, -0.15) is 5.10 Å². The second-order valence-electron chi connectivity index (χ2n) is 6.48. The van der Waals surface area contributed by atoms with Crippen LogP contribution < -0.4 is 0 Å². The molecule has 2 aromatic rings. The zero-order valence-corrected chi connectivity index (χ0v) is 15.2. The highest BCUT2D eigenvalue weighted by molar-refractivity contribution is 5.99. The van der Waals surface area contributed by atoms with Crippen LogP contribution in [0.15, 0.2) is 24.3 Å². The maximum absolute atomic E-state index is 12.9. The number of rotatable bonds is 4. The van der Waals surface area contributed by atoms with Crippen LogP contribution in [0.5, 0.6) is 0 Å². The van der Waals surface area contributed by atoms with E-state index in [1.165, 1.54) is 11.8 Å². The summed E-state index contributed by atoms with van der Waals surface area (Å²) in [5.74, 6) is -0.579. The van der Waals surface area contributed by atoms with Crippen LogP contribution in [0.25, 0.3) is 11.1 Å². The van der Waals surface area contributed by atoms with Gasteiger partial charge in [-0.05, 0) is 37.5 Å². The van der Waals surface area contributed by atoms with Gasteiger partial charge in [-0.3, -0.25) is 9.48 Å². The van der Waals surface area contributed by atoms with Crippen molar-refractivity contribution in [3.05, 3.63) is 41.2 Å². The number of aryl methyl sites for hydroxylation is 2. The van der Waals surface area contributed by atoms with E-state index in [4.69, 9.17) is 4.74 Å². The second kappa shape index (κ2) is 7.29. The smallest absolute Gasteiger partial charge is 0.356 e. The van der Waals surface area contributed by atoms with Crippen molar-refractivity contribution in [3.63, 3.8) is 0 Å². The predicted molar refractivity (Wildman–Crippen MR) is 95.9 cm³/mol. The summed E-state index contributed by atoms with van der Waals surface area (Å²) in [6.45, 7) is 2.44. The normalized spacial score (nSPS) is 16.8. The molecule has 1 saturated heterocycles. The molecular weight excluding hydrogens is 334 g/mol.